The summed E-state index contributed by atoms with van der Waals surface area (Å²) in [6.45, 7) is 5.27. The molecule has 27 heavy (non-hydrogen) atoms. The summed E-state index contributed by atoms with van der Waals surface area (Å²) in [5.74, 6) is -0.460. The van der Waals surface area contributed by atoms with E-state index in [1.54, 1.807) is 25.5 Å². The number of hydrogen-bond acceptors (Lipinski definition) is 5. The molecule has 4 rings (SSSR count). The summed E-state index contributed by atoms with van der Waals surface area (Å²) >= 11 is 0. The van der Waals surface area contributed by atoms with Gasteiger partial charge in [-0.25, -0.2) is 14.5 Å². The van der Waals surface area contributed by atoms with Gasteiger partial charge in [0.2, 0.25) is 12.0 Å². The predicted octanol–water partition coefficient (Wildman–Crippen LogP) is 0.789. The Hall–Kier alpha value is -2.97. The quantitative estimate of drug-likeness (QED) is 0.605. The number of carbonyl (C=O) groups is 2. The number of nitrogens with zero attached hydrogens (tertiary/aromatic N) is 4. The van der Waals surface area contributed by atoms with Gasteiger partial charge in [-0.2, -0.15) is 9.83 Å². The van der Waals surface area contributed by atoms with E-state index in [9.17, 15) is 19.9 Å². The number of aromatic nitrogens is 4. The van der Waals surface area contributed by atoms with Crippen LogP contribution in [0.15, 0.2) is 18.6 Å². The van der Waals surface area contributed by atoms with Crippen LogP contribution in [-0.4, -0.2) is 37.8 Å². The molecule has 1 saturated carbocycles. The van der Waals surface area contributed by atoms with Crippen LogP contribution >= 0.6 is 0 Å². The molecule has 2 aromatic heterocycles. The number of hydrogen-bond donors (Lipinski definition) is 2. The minimum atomic E-state index is -1.09. The first-order chi connectivity index (χ1) is 12.7. The first kappa shape index (κ1) is 17.4. The van der Waals surface area contributed by atoms with E-state index in [0.29, 0.717) is 22.4 Å². The van der Waals surface area contributed by atoms with Gasteiger partial charge in [0.15, 0.2) is 11.9 Å². The Morgan fingerprint density at radius 1 is 1.44 bits per heavy atom. The molecular formula is C18H21N5O4. The Bertz CT molecular complexity index is 946. The highest BCUT2D eigenvalue weighted by Gasteiger charge is 2.50. The van der Waals surface area contributed by atoms with Crippen molar-refractivity contribution in [3.8, 4) is 5.82 Å². The van der Waals surface area contributed by atoms with E-state index in [1.165, 1.54) is 18.6 Å². The second-order valence-corrected chi connectivity index (χ2v) is 8.32. The van der Waals surface area contributed by atoms with Crippen molar-refractivity contribution in [2.75, 3.05) is 0 Å². The molecule has 1 amide bonds. The van der Waals surface area contributed by atoms with Crippen molar-refractivity contribution in [3.63, 3.8) is 0 Å². The highest BCUT2D eigenvalue weighted by atomic mass is 16.5. The molecular weight excluding hydrogens is 350 g/mol. The Morgan fingerprint density at radius 3 is 2.81 bits per heavy atom. The SMILES string of the molecule is CC(C)(C)[C@H](NC(=O)c1nn(-c2c[n+]([O-])ccn2)c2c1C[C@H]1C[C@@H]21)C(=O)O. The smallest absolute Gasteiger partial charge is 0.326 e. The molecule has 0 unspecified atom stereocenters. The number of carbonyl (C=O) groups excluding carboxylic acids is 1. The van der Waals surface area contributed by atoms with E-state index >= 15 is 0 Å². The molecule has 1 fully saturated rings. The van der Waals surface area contributed by atoms with Crippen molar-refractivity contribution in [1.29, 1.82) is 0 Å². The van der Waals surface area contributed by atoms with Crippen LogP contribution in [0.4, 0.5) is 0 Å². The zero-order valence-corrected chi connectivity index (χ0v) is 15.3. The highest BCUT2D eigenvalue weighted by Crippen LogP contribution is 2.57. The fourth-order valence-electron chi connectivity index (χ4n) is 3.80. The van der Waals surface area contributed by atoms with Crippen LogP contribution in [0.1, 0.15) is 54.9 Å². The lowest BCUT2D eigenvalue weighted by molar-refractivity contribution is -0.605. The molecule has 9 heteroatoms. The zero-order chi connectivity index (χ0) is 19.5. The fourth-order valence-corrected chi connectivity index (χ4v) is 3.80. The van der Waals surface area contributed by atoms with E-state index < -0.39 is 23.3 Å². The molecule has 2 aliphatic carbocycles. The monoisotopic (exact) mass is 371 g/mol. The second-order valence-electron chi connectivity index (χ2n) is 8.32. The summed E-state index contributed by atoms with van der Waals surface area (Å²) in [6.07, 6.45) is 5.74. The third-order valence-corrected chi connectivity index (χ3v) is 5.25. The van der Waals surface area contributed by atoms with Gasteiger partial charge in [0.05, 0.1) is 11.9 Å². The number of nitrogens with one attached hydrogen (secondary N) is 1. The van der Waals surface area contributed by atoms with Crippen LogP contribution in [0.3, 0.4) is 0 Å². The van der Waals surface area contributed by atoms with E-state index in [-0.39, 0.29) is 5.69 Å². The minimum absolute atomic E-state index is 0.218. The van der Waals surface area contributed by atoms with Gasteiger partial charge in [-0.1, -0.05) is 20.8 Å². The van der Waals surface area contributed by atoms with Crippen LogP contribution in [0.2, 0.25) is 0 Å². The molecule has 2 N–H and O–H groups in total. The number of carboxylic acid groups (broad SMARTS) is 1. The topological polar surface area (TPSA) is 124 Å². The normalized spacial score (nSPS) is 21.3. The van der Waals surface area contributed by atoms with E-state index in [1.807, 2.05) is 0 Å². The van der Waals surface area contributed by atoms with Gasteiger partial charge in [0.25, 0.3) is 5.91 Å². The van der Waals surface area contributed by atoms with Crippen LogP contribution in [-0.2, 0) is 11.2 Å². The highest BCUT2D eigenvalue weighted by molar-refractivity contribution is 5.97. The Morgan fingerprint density at radius 2 is 2.19 bits per heavy atom. The first-order valence-electron chi connectivity index (χ1n) is 8.87. The molecule has 0 bridgehead atoms. The number of aliphatic carboxylic acids is 1. The van der Waals surface area contributed by atoms with Crippen LogP contribution < -0.4 is 10.0 Å². The zero-order valence-electron chi connectivity index (χ0n) is 15.3. The number of rotatable bonds is 4. The van der Waals surface area contributed by atoms with Crippen LogP contribution in [0, 0.1) is 16.5 Å². The molecule has 9 nitrogen and oxygen atoms in total. The summed E-state index contributed by atoms with van der Waals surface area (Å²) in [5, 5.41) is 28.1. The van der Waals surface area contributed by atoms with Gasteiger partial charge >= 0.3 is 5.97 Å². The van der Waals surface area contributed by atoms with Crippen LogP contribution in [0.5, 0.6) is 0 Å². The van der Waals surface area contributed by atoms with E-state index in [0.717, 1.165) is 24.1 Å². The molecule has 0 aromatic carbocycles. The summed E-state index contributed by atoms with van der Waals surface area (Å²) in [7, 11) is 0. The lowest BCUT2D eigenvalue weighted by Gasteiger charge is -2.27. The maximum absolute atomic E-state index is 12.9. The van der Waals surface area contributed by atoms with Gasteiger partial charge in [0.1, 0.15) is 6.04 Å². The largest absolute Gasteiger partial charge is 0.619 e. The molecule has 142 valence electrons. The average Bonchev–Trinajstić information content (AvgIpc) is 3.07. The lowest BCUT2D eigenvalue weighted by atomic mass is 9.86. The van der Waals surface area contributed by atoms with Crippen molar-refractivity contribution in [2.45, 2.75) is 45.6 Å². The lowest BCUT2D eigenvalue weighted by Crippen LogP contribution is -2.49. The molecule has 3 atom stereocenters. The van der Waals surface area contributed by atoms with Gasteiger partial charge in [-0.15, -0.1) is 0 Å². The number of carboxylic acids is 1. The maximum atomic E-state index is 12.9. The standard InChI is InChI=1S/C18H21N5O4/c1-18(2,3)15(17(25)26)20-16(24)13-11-7-9-6-10(9)14(11)23(21-13)12-8-22(27)5-4-19-12/h4-5,8-10,15H,6-7H2,1-3H3,(H,20,24)(H,25,26)/t9-,10-,15-/m1/s1. The summed E-state index contributed by atoms with van der Waals surface area (Å²) < 4.78 is 2.19. The Balaban J connectivity index is 1.72. The number of fused-ring (bicyclic) bond motifs is 3. The van der Waals surface area contributed by atoms with Crippen molar-refractivity contribution >= 4 is 11.9 Å². The maximum Gasteiger partial charge on any atom is 0.326 e. The third kappa shape index (κ3) is 2.92. The molecule has 0 aliphatic heterocycles. The Kier molecular flexibility index (Phi) is 3.72. The summed E-state index contributed by atoms with van der Waals surface area (Å²) in [6, 6.07) is -1.04. The summed E-state index contributed by atoms with van der Waals surface area (Å²) in [5.41, 5.74) is 1.31. The van der Waals surface area contributed by atoms with E-state index in [2.05, 4.69) is 15.4 Å². The molecule has 2 aromatic rings. The van der Waals surface area contributed by atoms with Crippen molar-refractivity contribution < 1.29 is 19.4 Å². The van der Waals surface area contributed by atoms with Gasteiger partial charge in [-0.3, -0.25) is 4.79 Å². The second kappa shape index (κ2) is 5.77. The molecule has 2 heterocycles. The van der Waals surface area contributed by atoms with Crippen molar-refractivity contribution in [1.82, 2.24) is 20.1 Å². The van der Waals surface area contributed by atoms with Gasteiger partial charge in [-0.05, 0) is 24.2 Å². The molecule has 0 saturated heterocycles. The number of amides is 1. The van der Waals surface area contributed by atoms with Crippen LogP contribution in [0.25, 0.3) is 5.82 Å². The molecule has 0 radical (unpaired) electrons. The third-order valence-electron chi connectivity index (χ3n) is 5.25. The van der Waals surface area contributed by atoms with Crippen molar-refractivity contribution in [3.05, 3.63) is 40.7 Å². The molecule has 0 spiro atoms. The van der Waals surface area contributed by atoms with Crippen molar-refractivity contribution in [2.24, 2.45) is 11.3 Å². The average molecular weight is 371 g/mol. The minimum Gasteiger partial charge on any atom is -0.619 e. The summed E-state index contributed by atoms with van der Waals surface area (Å²) in [4.78, 5) is 28.6. The van der Waals surface area contributed by atoms with Gasteiger partial charge in [0, 0.05) is 11.5 Å². The molecule has 2 aliphatic rings. The first-order valence-corrected chi connectivity index (χ1v) is 8.87. The fraction of sp³-hybridized carbons (Fsp3) is 0.500. The van der Waals surface area contributed by atoms with E-state index in [4.69, 9.17) is 0 Å². The Labute approximate surface area is 155 Å². The van der Waals surface area contributed by atoms with Gasteiger partial charge < -0.3 is 15.6 Å². The predicted molar refractivity (Wildman–Crippen MR) is 93.2 cm³/mol.